The van der Waals surface area contributed by atoms with Crippen molar-refractivity contribution in [1.82, 2.24) is 4.31 Å². The lowest BCUT2D eigenvalue weighted by molar-refractivity contribution is 0.0189. The van der Waals surface area contributed by atoms with Crippen LogP contribution in [0.4, 0.5) is 4.39 Å². The third kappa shape index (κ3) is 1.70. The van der Waals surface area contributed by atoms with Crippen LogP contribution in [0.1, 0.15) is 13.3 Å². The Bertz CT molecular complexity index is 243. The zero-order chi connectivity index (χ0) is 8.70. The maximum atomic E-state index is 13.1. The van der Waals surface area contributed by atoms with E-state index in [1.165, 1.54) is 0 Å². The van der Waals surface area contributed by atoms with Crippen molar-refractivity contribution in [2.24, 2.45) is 0 Å². The van der Waals surface area contributed by atoms with Crippen LogP contribution in [0.15, 0.2) is 0 Å². The maximum Gasteiger partial charge on any atom is 0.211 e. The molecule has 66 valence electrons. The highest BCUT2D eigenvalue weighted by Gasteiger charge is 2.45. The van der Waals surface area contributed by atoms with Crippen molar-refractivity contribution in [3.8, 4) is 0 Å². The van der Waals surface area contributed by atoms with E-state index in [9.17, 15) is 12.8 Å². The molecular weight excluding hydrogens is 169 g/mol. The third-order valence-electron chi connectivity index (χ3n) is 2.02. The fraction of sp³-hybridized carbons (Fsp3) is 1.00. The number of sulfonamides is 1. The monoisotopic (exact) mass is 181 g/mol. The maximum absolute atomic E-state index is 13.1. The second-order valence-corrected chi connectivity index (χ2v) is 5.02. The summed E-state index contributed by atoms with van der Waals surface area (Å²) in [6.45, 7) is 1.78. The number of nitrogens with zero attached hydrogens (tertiary/aromatic N) is 1. The van der Waals surface area contributed by atoms with Gasteiger partial charge in [0.2, 0.25) is 10.0 Å². The van der Waals surface area contributed by atoms with E-state index in [1.54, 1.807) is 6.92 Å². The highest BCUT2D eigenvalue weighted by atomic mass is 32.2. The van der Waals surface area contributed by atoms with Gasteiger partial charge in [-0.1, -0.05) is 6.92 Å². The molecule has 0 aromatic rings. The first kappa shape index (κ1) is 8.93. The van der Waals surface area contributed by atoms with Gasteiger partial charge in [0.1, 0.15) is 5.67 Å². The summed E-state index contributed by atoms with van der Waals surface area (Å²) < 4.78 is 35.8. The Balaban J connectivity index is 2.54. The number of rotatable bonds is 2. The molecule has 1 heterocycles. The van der Waals surface area contributed by atoms with Crippen LogP contribution in [0.3, 0.4) is 0 Å². The molecule has 0 bridgehead atoms. The molecule has 5 heteroatoms. The lowest BCUT2D eigenvalue weighted by atomic mass is 9.97. The Morgan fingerprint density at radius 2 is 2.00 bits per heavy atom. The molecule has 1 aliphatic rings. The molecule has 1 rings (SSSR count). The van der Waals surface area contributed by atoms with Crippen LogP contribution in [0.2, 0.25) is 0 Å². The van der Waals surface area contributed by atoms with E-state index in [0.717, 1.165) is 10.6 Å². The van der Waals surface area contributed by atoms with E-state index in [2.05, 4.69) is 0 Å². The average Bonchev–Trinajstić information content (AvgIpc) is 1.78. The normalized spacial score (nSPS) is 24.6. The van der Waals surface area contributed by atoms with Gasteiger partial charge in [-0.3, -0.25) is 0 Å². The minimum absolute atomic E-state index is 0.0301. The molecule has 0 saturated carbocycles. The first-order valence-corrected chi connectivity index (χ1v) is 5.36. The second-order valence-electron chi connectivity index (χ2n) is 3.04. The number of hydrogen-bond donors (Lipinski definition) is 0. The van der Waals surface area contributed by atoms with E-state index < -0.39 is 15.7 Å². The zero-order valence-corrected chi connectivity index (χ0v) is 7.49. The summed E-state index contributed by atoms with van der Waals surface area (Å²) in [5.41, 5.74) is -1.26. The molecule has 11 heavy (non-hydrogen) atoms. The van der Waals surface area contributed by atoms with Crippen molar-refractivity contribution in [2.75, 3.05) is 19.3 Å². The Morgan fingerprint density at radius 1 is 1.55 bits per heavy atom. The molecule has 0 aromatic carbocycles. The van der Waals surface area contributed by atoms with Gasteiger partial charge in [-0.2, -0.15) is 4.31 Å². The van der Waals surface area contributed by atoms with E-state index in [1.807, 2.05) is 0 Å². The van der Waals surface area contributed by atoms with Gasteiger partial charge in [0.25, 0.3) is 0 Å². The van der Waals surface area contributed by atoms with E-state index in [-0.39, 0.29) is 13.1 Å². The molecule has 1 fully saturated rings. The predicted molar refractivity (Wildman–Crippen MR) is 40.5 cm³/mol. The van der Waals surface area contributed by atoms with Gasteiger partial charge < -0.3 is 0 Å². The van der Waals surface area contributed by atoms with Crippen molar-refractivity contribution in [2.45, 2.75) is 19.0 Å². The molecule has 3 nitrogen and oxygen atoms in total. The standard InChI is InChI=1S/C6H12FNO2S/c1-3-6(7)4-8(5-6)11(2,9)10/h3-5H2,1-2H3. The van der Waals surface area contributed by atoms with Gasteiger partial charge in [-0.05, 0) is 6.42 Å². The molecule has 0 atom stereocenters. The summed E-state index contributed by atoms with van der Waals surface area (Å²) >= 11 is 0. The smallest absolute Gasteiger partial charge is 0.211 e. The molecule has 0 spiro atoms. The highest BCUT2D eigenvalue weighted by Crippen LogP contribution is 2.29. The van der Waals surface area contributed by atoms with Gasteiger partial charge in [0.05, 0.1) is 6.26 Å². The number of hydrogen-bond acceptors (Lipinski definition) is 2. The first-order valence-electron chi connectivity index (χ1n) is 3.51. The third-order valence-corrected chi connectivity index (χ3v) is 3.22. The van der Waals surface area contributed by atoms with Gasteiger partial charge in [0.15, 0.2) is 0 Å². The summed E-state index contributed by atoms with van der Waals surface area (Å²) in [5.74, 6) is 0. The summed E-state index contributed by atoms with van der Waals surface area (Å²) in [4.78, 5) is 0. The van der Waals surface area contributed by atoms with Crippen LogP contribution < -0.4 is 0 Å². The fourth-order valence-corrected chi connectivity index (χ4v) is 1.98. The highest BCUT2D eigenvalue weighted by molar-refractivity contribution is 7.88. The van der Waals surface area contributed by atoms with Gasteiger partial charge in [-0.15, -0.1) is 0 Å². The summed E-state index contributed by atoms with van der Waals surface area (Å²) in [6, 6.07) is 0. The fourth-order valence-electron chi connectivity index (χ4n) is 1.04. The number of alkyl halides is 1. The predicted octanol–water partition coefficient (Wildman–Crippen LogP) is 0.380. The van der Waals surface area contributed by atoms with Gasteiger partial charge in [-0.25, -0.2) is 12.8 Å². The average molecular weight is 181 g/mol. The molecule has 1 saturated heterocycles. The lowest BCUT2D eigenvalue weighted by Crippen LogP contribution is -2.60. The van der Waals surface area contributed by atoms with E-state index in [0.29, 0.717) is 6.42 Å². The van der Waals surface area contributed by atoms with E-state index in [4.69, 9.17) is 0 Å². The topological polar surface area (TPSA) is 37.4 Å². The van der Waals surface area contributed by atoms with Crippen LogP contribution in [0, 0.1) is 0 Å². The van der Waals surface area contributed by atoms with Gasteiger partial charge in [0, 0.05) is 13.1 Å². The lowest BCUT2D eigenvalue weighted by Gasteiger charge is -2.42. The Labute approximate surface area is 66.2 Å². The van der Waals surface area contributed by atoms with Crippen molar-refractivity contribution in [3.05, 3.63) is 0 Å². The van der Waals surface area contributed by atoms with Crippen LogP contribution in [0.5, 0.6) is 0 Å². The molecule has 0 amide bonds. The Morgan fingerprint density at radius 3 is 2.27 bits per heavy atom. The summed E-state index contributed by atoms with van der Waals surface area (Å²) in [6.07, 6.45) is 1.49. The molecule has 1 aliphatic heterocycles. The minimum atomic E-state index is -3.15. The van der Waals surface area contributed by atoms with Crippen molar-refractivity contribution in [3.63, 3.8) is 0 Å². The molecular formula is C6H12FNO2S. The van der Waals surface area contributed by atoms with Crippen LogP contribution in [0.25, 0.3) is 0 Å². The Hall–Kier alpha value is -0.160. The molecule has 0 aliphatic carbocycles. The second kappa shape index (κ2) is 2.42. The molecule has 0 radical (unpaired) electrons. The summed E-state index contributed by atoms with van der Waals surface area (Å²) in [7, 11) is -3.15. The van der Waals surface area contributed by atoms with Crippen molar-refractivity contribution < 1.29 is 12.8 Å². The van der Waals surface area contributed by atoms with Crippen LogP contribution in [-0.4, -0.2) is 37.7 Å². The van der Waals surface area contributed by atoms with Crippen LogP contribution >= 0.6 is 0 Å². The quantitative estimate of drug-likeness (QED) is 0.617. The van der Waals surface area contributed by atoms with Crippen molar-refractivity contribution in [1.29, 1.82) is 0 Å². The first-order chi connectivity index (χ1) is 4.87. The Kier molecular flexibility index (Phi) is 1.96. The molecule has 0 unspecified atom stereocenters. The molecule has 0 N–H and O–H groups in total. The molecule has 0 aromatic heterocycles. The van der Waals surface area contributed by atoms with Crippen LogP contribution in [-0.2, 0) is 10.0 Å². The SMILES string of the molecule is CCC1(F)CN(S(C)(=O)=O)C1. The minimum Gasteiger partial charge on any atom is -0.241 e. The van der Waals surface area contributed by atoms with Gasteiger partial charge >= 0.3 is 0 Å². The van der Waals surface area contributed by atoms with E-state index >= 15 is 0 Å². The zero-order valence-electron chi connectivity index (χ0n) is 6.67. The number of halogens is 1. The van der Waals surface area contributed by atoms with Crippen molar-refractivity contribution >= 4 is 10.0 Å². The summed E-state index contributed by atoms with van der Waals surface area (Å²) in [5, 5.41) is 0. The largest absolute Gasteiger partial charge is 0.241 e.